The van der Waals surface area contributed by atoms with Crippen molar-refractivity contribution in [3.05, 3.63) is 66.1 Å². The number of aromatic amines is 1. The normalized spacial score (nSPS) is 10.8. The van der Waals surface area contributed by atoms with Crippen molar-refractivity contribution in [3.63, 3.8) is 0 Å². The summed E-state index contributed by atoms with van der Waals surface area (Å²) in [4.78, 5) is 12.5. The number of benzene rings is 2. The second kappa shape index (κ2) is 5.92. The monoisotopic (exact) mass is 319 g/mol. The zero-order valence-electron chi connectivity index (χ0n) is 12.5. The molecule has 2 N–H and O–H groups in total. The number of hydrogen-bond donors (Lipinski definition) is 2. The minimum Gasteiger partial charge on any atom is -0.322 e. The van der Waals surface area contributed by atoms with Crippen LogP contribution in [0.1, 0.15) is 15.9 Å². The number of aromatic nitrogens is 6. The molecule has 8 heteroatoms. The zero-order valence-corrected chi connectivity index (χ0v) is 12.5. The van der Waals surface area contributed by atoms with Crippen molar-refractivity contribution in [1.29, 1.82) is 0 Å². The van der Waals surface area contributed by atoms with Crippen molar-refractivity contribution in [2.45, 2.75) is 6.54 Å². The number of amides is 1. The molecule has 0 aliphatic carbocycles. The molecule has 0 aliphatic rings. The van der Waals surface area contributed by atoms with E-state index in [0.717, 1.165) is 22.2 Å². The molecule has 0 saturated heterocycles. The molecule has 0 unspecified atom stereocenters. The third-order valence-corrected chi connectivity index (χ3v) is 3.62. The van der Waals surface area contributed by atoms with Gasteiger partial charge in [-0.2, -0.15) is 5.10 Å². The van der Waals surface area contributed by atoms with Crippen LogP contribution in [-0.4, -0.2) is 36.3 Å². The van der Waals surface area contributed by atoms with Crippen LogP contribution in [0.3, 0.4) is 0 Å². The fourth-order valence-electron chi connectivity index (χ4n) is 2.47. The van der Waals surface area contributed by atoms with Crippen LogP contribution in [0.15, 0.2) is 55.0 Å². The van der Waals surface area contributed by atoms with Crippen molar-refractivity contribution in [2.75, 3.05) is 5.32 Å². The molecule has 0 atom stereocenters. The van der Waals surface area contributed by atoms with Crippen LogP contribution < -0.4 is 5.32 Å². The standard InChI is InChI=1S/C16H13N7O/c24-16(19-14-4-5-15-13(7-14)8-17-20-15)12-3-1-2-11(6-12)9-23-10-18-21-22-23/h1-8,10H,9H2,(H,17,20)(H,19,24). The maximum atomic E-state index is 12.5. The molecular formula is C16H13N7O. The summed E-state index contributed by atoms with van der Waals surface area (Å²) >= 11 is 0. The summed E-state index contributed by atoms with van der Waals surface area (Å²) in [5, 5.41) is 21.7. The first-order valence-corrected chi connectivity index (χ1v) is 7.32. The third-order valence-electron chi connectivity index (χ3n) is 3.62. The van der Waals surface area contributed by atoms with Gasteiger partial charge in [-0.15, -0.1) is 5.10 Å². The van der Waals surface area contributed by atoms with Gasteiger partial charge in [-0.25, -0.2) is 4.68 Å². The first kappa shape index (κ1) is 14.1. The van der Waals surface area contributed by atoms with Gasteiger partial charge in [0.05, 0.1) is 18.3 Å². The van der Waals surface area contributed by atoms with Gasteiger partial charge in [0.15, 0.2) is 0 Å². The number of hydrogen-bond acceptors (Lipinski definition) is 5. The summed E-state index contributed by atoms with van der Waals surface area (Å²) in [6.07, 6.45) is 3.25. The molecule has 1 amide bonds. The highest BCUT2D eigenvalue weighted by Gasteiger charge is 2.08. The summed E-state index contributed by atoms with van der Waals surface area (Å²) in [7, 11) is 0. The van der Waals surface area contributed by atoms with Gasteiger partial charge in [0.2, 0.25) is 0 Å². The number of H-pyrrole nitrogens is 1. The molecule has 2 aromatic carbocycles. The highest BCUT2D eigenvalue weighted by molar-refractivity contribution is 6.05. The highest BCUT2D eigenvalue weighted by Crippen LogP contribution is 2.18. The molecule has 2 aromatic heterocycles. The smallest absolute Gasteiger partial charge is 0.255 e. The van der Waals surface area contributed by atoms with Crippen LogP contribution in [0.4, 0.5) is 5.69 Å². The summed E-state index contributed by atoms with van der Waals surface area (Å²) < 4.78 is 1.60. The lowest BCUT2D eigenvalue weighted by Gasteiger charge is -2.07. The molecule has 0 spiro atoms. The van der Waals surface area contributed by atoms with Crippen molar-refractivity contribution < 1.29 is 4.79 Å². The number of carbonyl (C=O) groups is 1. The average molecular weight is 319 g/mol. The molecular weight excluding hydrogens is 306 g/mol. The second-order valence-corrected chi connectivity index (χ2v) is 5.33. The van der Waals surface area contributed by atoms with E-state index < -0.39 is 0 Å². The minimum absolute atomic E-state index is 0.170. The van der Waals surface area contributed by atoms with Gasteiger partial charge in [-0.05, 0) is 46.3 Å². The van der Waals surface area contributed by atoms with E-state index in [4.69, 9.17) is 0 Å². The lowest BCUT2D eigenvalue weighted by atomic mass is 10.1. The Hall–Kier alpha value is -3.55. The number of tetrazole rings is 1. The van der Waals surface area contributed by atoms with Gasteiger partial charge in [0.25, 0.3) is 5.91 Å². The highest BCUT2D eigenvalue weighted by atomic mass is 16.1. The Morgan fingerprint density at radius 1 is 1.21 bits per heavy atom. The molecule has 4 aromatic rings. The minimum atomic E-state index is -0.170. The van der Waals surface area contributed by atoms with Crippen LogP contribution in [0.5, 0.6) is 0 Å². The Balaban J connectivity index is 1.53. The Kier molecular flexibility index (Phi) is 3.47. The van der Waals surface area contributed by atoms with Crippen LogP contribution >= 0.6 is 0 Å². The number of nitrogens with zero attached hydrogens (tertiary/aromatic N) is 5. The second-order valence-electron chi connectivity index (χ2n) is 5.33. The molecule has 4 rings (SSSR count). The number of rotatable bonds is 4. The van der Waals surface area contributed by atoms with Crippen molar-refractivity contribution in [3.8, 4) is 0 Å². The molecule has 0 aliphatic heterocycles. The summed E-state index contributed by atoms with van der Waals surface area (Å²) in [5.74, 6) is -0.170. The molecule has 0 fully saturated rings. The van der Waals surface area contributed by atoms with Crippen molar-refractivity contribution in [2.24, 2.45) is 0 Å². The van der Waals surface area contributed by atoms with Gasteiger partial charge < -0.3 is 5.32 Å². The van der Waals surface area contributed by atoms with Gasteiger partial charge in [-0.1, -0.05) is 12.1 Å². The lowest BCUT2D eigenvalue weighted by Crippen LogP contribution is -2.12. The van der Waals surface area contributed by atoms with Gasteiger partial charge >= 0.3 is 0 Å². The fraction of sp³-hybridized carbons (Fsp3) is 0.0625. The molecule has 24 heavy (non-hydrogen) atoms. The molecule has 118 valence electrons. The van der Waals surface area contributed by atoms with Gasteiger partial charge in [0.1, 0.15) is 6.33 Å². The predicted molar refractivity (Wildman–Crippen MR) is 87.4 cm³/mol. The molecule has 0 bridgehead atoms. The lowest BCUT2D eigenvalue weighted by molar-refractivity contribution is 0.102. The van der Waals surface area contributed by atoms with E-state index in [1.165, 1.54) is 6.33 Å². The first-order chi connectivity index (χ1) is 11.8. The van der Waals surface area contributed by atoms with Crippen LogP contribution in [-0.2, 0) is 6.54 Å². The number of fused-ring (bicyclic) bond motifs is 1. The Bertz CT molecular complexity index is 991. The largest absolute Gasteiger partial charge is 0.322 e. The van der Waals surface area contributed by atoms with E-state index in [2.05, 4.69) is 31.0 Å². The SMILES string of the molecule is O=C(Nc1ccc2[nH]ncc2c1)c1cccc(Cn2cnnn2)c1. The number of anilines is 1. The third kappa shape index (κ3) is 2.84. The maximum absolute atomic E-state index is 12.5. The van der Waals surface area contributed by atoms with E-state index in [-0.39, 0.29) is 5.91 Å². The van der Waals surface area contributed by atoms with E-state index in [0.29, 0.717) is 12.1 Å². The quantitative estimate of drug-likeness (QED) is 0.598. The van der Waals surface area contributed by atoms with Crippen LogP contribution in [0, 0.1) is 0 Å². The van der Waals surface area contributed by atoms with Crippen LogP contribution in [0.25, 0.3) is 10.9 Å². The summed E-state index contributed by atoms with van der Waals surface area (Å²) in [6.45, 7) is 0.509. The molecule has 8 nitrogen and oxygen atoms in total. The molecule has 0 saturated carbocycles. The number of carbonyl (C=O) groups excluding carboxylic acids is 1. The van der Waals surface area contributed by atoms with E-state index in [9.17, 15) is 4.79 Å². The van der Waals surface area contributed by atoms with E-state index in [1.807, 2.05) is 36.4 Å². The van der Waals surface area contributed by atoms with Crippen molar-refractivity contribution >= 4 is 22.5 Å². The molecule has 2 heterocycles. The Labute approximate surface area is 136 Å². The predicted octanol–water partition coefficient (Wildman–Crippen LogP) is 1.85. The number of nitrogens with one attached hydrogen (secondary N) is 2. The van der Waals surface area contributed by atoms with Gasteiger partial charge in [0, 0.05) is 16.6 Å². The maximum Gasteiger partial charge on any atom is 0.255 e. The topological polar surface area (TPSA) is 101 Å². The van der Waals surface area contributed by atoms with Crippen LogP contribution in [0.2, 0.25) is 0 Å². The van der Waals surface area contributed by atoms with Gasteiger partial charge in [-0.3, -0.25) is 9.89 Å². The Morgan fingerprint density at radius 3 is 3.04 bits per heavy atom. The van der Waals surface area contributed by atoms with Crippen molar-refractivity contribution in [1.82, 2.24) is 30.4 Å². The van der Waals surface area contributed by atoms with E-state index in [1.54, 1.807) is 16.9 Å². The van der Waals surface area contributed by atoms with E-state index >= 15 is 0 Å². The first-order valence-electron chi connectivity index (χ1n) is 7.32. The zero-order chi connectivity index (χ0) is 16.4. The summed E-state index contributed by atoms with van der Waals surface area (Å²) in [6, 6.07) is 13.0. The fourth-order valence-corrected chi connectivity index (χ4v) is 2.47. The average Bonchev–Trinajstić information content (AvgIpc) is 3.26. The molecule has 0 radical (unpaired) electrons. The summed E-state index contributed by atoms with van der Waals surface area (Å²) in [5.41, 5.74) is 3.17. The Morgan fingerprint density at radius 2 is 2.17 bits per heavy atom.